The van der Waals surface area contributed by atoms with Crippen LogP contribution in [-0.2, 0) is 4.79 Å². The van der Waals surface area contributed by atoms with Crippen LogP contribution < -0.4 is 10.1 Å². The largest absolute Gasteiger partial charge is 0.496 e. The third-order valence-corrected chi connectivity index (χ3v) is 3.43. The highest BCUT2D eigenvalue weighted by Gasteiger charge is 2.12. The summed E-state index contributed by atoms with van der Waals surface area (Å²) in [7, 11) is 1.55. The Labute approximate surface area is 136 Å². The predicted octanol–water partition coefficient (Wildman–Crippen LogP) is 3.86. The number of carbonyl (C=O) groups is 1. The first-order chi connectivity index (χ1) is 11.0. The number of ether oxygens (including phenoxy) is 1. The molecule has 2 aromatic carbocycles. The SMILES string of the molecule is COc1ccccc1/C=C(\C#N)C(=O)Nc1ccc(C)cc1C. The number of benzene rings is 2. The molecule has 4 heteroatoms. The summed E-state index contributed by atoms with van der Waals surface area (Å²) in [5, 5.41) is 12.1. The van der Waals surface area contributed by atoms with Crippen LogP contribution in [0.1, 0.15) is 16.7 Å². The Balaban J connectivity index is 2.28. The molecule has 23 heavy (non-hydrogen) atoms. The first kappa shape index (κ1) is 16.3. The second kappa shape index (κ2) is 7.28. The molecule has 0 saturated heterocycles. The maximum atomic E-state index is 12.3. The van der Waals surface area contributed by atoms with E-state index in [1.807, 2.05) is 50.2 Å². The highest BCUT2D eigenvalue weighted by molar-refractivity contribution is 6.10. The Kier molecular flexibility index (Phi) is 5.16. The van der Waals surface area contributed by atoms with Crippen LogP contribution in [0, 0.1) is 25.2 Å². The molecule has 0 fully saturated rings. The lowest BCUT2D eigenvalue weighted by atomic mass is 10.1. The van der Waals surface area contributed by atoms with Crippen LogP contribution in [0.5, 0.6) is 5.75 Å². The van der Waals surface area contributed by atoms with Gasteiger partial charge in [-0.05, 0) is 37.6 Å². The van der Waals surface area contributed by atoms with Gasteiger partial charge in [0.15, 0.2) is 0 Å². The van der Waals surface area contributed by atoms with E-state index < -0.39 is 5.91 Å². The van der Waals surface area contributed by atoms with Crippen molar-refractivity contribution in [2.75, 3.05) is 12.4 Å². The number of nitriles is 1. The maximum absolute atomic E-state index is 12.3. The number of hydrogen-bond donors (Lipinski definition) is 1. The van der Waals surface area contributed by atoms with Gasteiger partial charge >= 0.3 is 0 Å². The molecule has 0 spiro atoms. The van der Waals surface area contributed by atoms with Crippen LogP contribution in [-0.4, -0.2) is 13.0 Å². The van der Waals surface area contributed by atoms with E-state index in [4.69, 9.17) is 4.74 Å². The van der Waals surface area contributed by atoms with Crippen molar-refractivity contribution < 1.29 is 9.53 Å². The third kappa shape index (κ3) is 3.98. The fourth-order valence-corrected chi connectivity index (χ4v) is 2.23. The zero-order valence-electron chi connectivity index (χ0n) is 13.4. The molecule has 2 rings (SSSR count). The molecule has 1 N–H and O–H groups in total. The summed E-state index contributed by atoms with van der Waals surface area (Å²) < 4.78 is 5.24. The molecule has 0 bridgehead atoms. The summed E-state index contributed by atoms with van der Waals surface area (Å²) in [6.07, 6.45) is 1.53. The number of methoxy groups -OCH3 is 1. The highest BCUT2D eigenvalue weighted by Crippen LogP contribution is 2.21. The van der Waals surface area contributed by atoms with Crippen molar-refractivity contribution in [2.24, 2.45) is 0 Å². The number of rotatable bonds is 4. The van der Waals surface area contributed by atoms with Gasteiger partial charge in [-0.1, -0.05) is 35.9 Å². The Morgan fingerprint density at radius 1 is 1.22 bits per heavy atom. The summed E-state index contributed by atoms with van der Waals surface area (Å²) in [6, 6.07) is 14.9. The smallest absolute Gasteiger partial charge is 0.266 e. The molecular weight excluding hydrogens is 288 g/mol. The van der Waals surface area contributed by atoms with Crippen LogP contribution in [0.25, 0.3) is 6.08 Å². The highest BCUT2D eigenvalue weighted by atomic mass is 16.5. The van der Waals surface area contributed by atoms with E-state index in [-0.39, 0.29) is 5.57 Å². The van der Waals surface area contributed by atoms with Gasteiger partial charge in [0, 0.05) is 11.3 Å². The second-order valence-electron chi connectivity index (χ2n) is 5.18. The van der Waals surface area contributed by atoms with Crippen LogP contribution in [0.4, 0.5) is 5.69 Å². The van der Waals surface area contributed by atoms with Crippen LogP contribution in [0.3, 0.4) is 0 Å². The number of nitrogens with zero attached hydrogens (tertiary/aromatic N) is 1. The van der Waals surface area contributed by atoms with Crippen LogP contribution >= 0.6 is 0 Å². The molecule has 0 unspecified atom stereocenters. The van der Waals surface area contributed by atoms with Gasteiger partial charge in [-0.3, -0.25) is 4.79 Å². The van der Waals surface area contributed by atoms with E-state index in [2.05, 4.69) is 5.32 Å². The van der Waals surface area contributed by atoms with Gasteiger partial charge in [-0.15, -0.1) is 0 Å². The Morgan fingerprint density at radius 2 is 1.96 bits per heavy atom. The van der Waals surface area contributed by atoms with Crippen molar-refractivity contribution in [3.8, 4) is 11.8 Å². The average molecular weight is 306 g/mol. The zero-order chi connectivity index (χ0) is 16.8. The standard InChI is InChI=1S/C19H18N2O2/c1-13-8-9-17(14(2)10-13)21-19(22)16(12-20)11-15-6-4-5-7-18(15)23-3/h4-11H,1-3H3,(H,21,22)/b16-11+. The van der Waals surface area contributed by atoms with Gasteiger partial charge < -0.3 is 10.1 Å². The fraction of sp³-hybridized carbons (Fsp3) is 0.158. The van der Waals surface area contributed by atoms with Gasteiger partial charge in [-0.25, -0.2) is 0 Å². The lowest BCUT2D eigenvalue weighted by Crippen LogP contribution is -2.14. The van der Waals surface area contributed by atoms with Gasteiger partial charge in [0.1, 0.15) is 17.4 Å². The number of aryl methyl sites for hydroxylation is 2. The van der Waals surface area contributed by atoms with E-state index >= 15 is 0 Å². The minimum absolute atomic E-state index is 0.0227. The fourth-order valence-electron chi connectivity index (χ4n) is 2.23. The van der Waals surface area contributed by atoms with Crippen molar-refractivity contribution in [1.82, 2.24) is 0 Å². The summed E-state index contributed by atoms with van der Waals surface area (Å²) in [6.45, 7) is 3.90. The maximum Gasteiger partial charge on any atom is 0.266 e. The molecule has 0 heterocycles. The average Bonchev–Trinajstić information content (AvgIpc) is 2.55. The van der Waals surface area contributed by atoms with Gasteiger partial charge in [0.05, 0.1) is 7.11 Å². The summed E-state index contributed by atoms with van der Waals surface area (Å²) in [4.78, 5) is 12.3. The molecule has 0 aliphatic heterocycles. The predicted molar refractivity (Wildman–Crippen MR) is 91.1 cm³/mol. The lowest BCUT2D eigenvalue weighted by molar-refractivity contribution is -0.112. The van der Waals surface area contributed by atoms with Gasteiger partial charge in [-0.2, -0.15) is 5.26 Å². The van der Waals surface area contributed by atoms with Gasteiger partial charge in [0.25, 0.3) is 5.91 Å². The lowest BCUT2D eigenvalue weighted by Gasteiger charge is -2.09. The normalized spacial score (nSPS) is 10.8. The second-order valence-corrected chi connectivity index (χ2v) is 5.18. The van der Waals surface area contributed by atoms with Crippen molar-refractivity contribution in [3.63, 3.8) is 0 Å². The minimum atomic E-state index is -0.439. The Bertz CT molecular complexity index is 801. The van der Waals surface area contributed by atoms with Crippen molar-refractivity contribution in [1.29, 1.82) is 5.26 Å². The van der Waals surface area contributed by atoms with E-state index in [0.717, 1.165) is 11.1 Å². The van der Waals surface area contributed by atoms with E-state index in [1.54, 1.807) is 19.2 Å². The molecule has 0 radical (unpaired) electrons. The van der Waals surface area contributed by atoms with Crippen molar-refractivity contribution in [2.45, 2.75) is 13.8 Å². The van der Waals surface area contributed by atoms with Crippen molar-refractivity contribution >= 4 is 17.7 Å². The molecule has 0 aliphatic carbocycles. The number of carbonyl (C=O) groups excluding carboxylic acids is 1. The molecule has 0 saturated carbocycles. The Hall–Kier alpha value is -3.06. The molecule has 0 aliphatic rings. The van der Waals surface area contributed by atoms with Crippen LogP contribution in [0.15, 0.2) is 48.0 Å². The van der Waals surface area contributed by atoms with E-state index in [0.29, 0.717) is 17.0 Å². The molecular formula is C19H18N2O2. The van der Waals surface area contributed by atoms with E-state index in [1.165, 1.54) is 6.08 Å². The first-order valence-corrected chi connectivity index (χ1v) is 7.18. The molecule has 0 atom stereocenters. The topological polar surface area (TPSA) is 62.1 Å². The minimum Gasteiger partial charge on any atom is -0.496 e. The Morgan fingerprint density at radius 3 is 2.61 bits per heavy atom. The first-order valence-electron chi connectivity index (χ1n) is 7.18. The quantitative estimate of drug-likeness (QED) is 0.689. The monoisotopic (exact) mass is 306 g/mol. The number of nitrogens with one attached hydrogen (secondary N) is 1. The van der Waals surface area contributed by atoms with Gasteiger partial charge in [0.2, 0.25) is 0 Å². The number of hydrogen-bond acceptors (Lipinski definition) is 3. The third-order valence-electron chi connectivity index (χ3n) is 3.43. The van der Waals surface area contributed by atoms with Crippen molar-refractivity contribution in [3.05, 3.63) is 64.7 Å². The summed E-state index contributed by atoms with van der Waals surface area (Å²) in [5.41, 5.74) is 3.47. The summed E-state index contributed by atoms with van der Waals surface area (Å²) in [5.74, 6) is 0.171. The molecule has 0 aromatic heterocycles. The van der Waals surface area contributed by atoms with Crippen LogP contribution in [0.2, 0.25) is 0 Å². The molecule has 2 aromatic rings. The van der Waals surface area contributed by atoms with E-state index in [9.17, 15) is 10.1 Å². The zero-order valence-corrected chi connectivity index (χ0v) is 13.4. The number of amides is 1. The molecule has 1 amide bonds. The summed E-state index contributed by atoms with van der Waals surface area (Å²) >= 11 is 0. The number of para-hydroxylation sites is 1. The molecule has 116 valence electrons. The molecule has 4 nitrogen and oxygen atoms in total. The number of anilines is 1.